The quantitative estimate of drug-likeness (QED) is 0.216. The minimum Gasteiger partial charge on any atom is -0.454 e. The summed E-state index contributed by atoms with van der Waals surface area (Å²) in [6.45, 7) is 0. The van der Waals surface area contributed by atoms with Crippen LogP contribution >= 0.6 is 0 Å². The Morgan fingerprint density at radius 1 is 0.452 bits per heavy atom. The van der Waals surface area contributed by atoms with E-state index in [0.29, 0.717) is 0 Å². The second kappa shape index (κ2) is 7.99. The van der Waals surface area contributed by atoms with Crippen molar-refractivity contribution >= 4 is 54.5 Å². The van der Waals surface area contributed by atoms with Crippen LogP contribution in [-0.4, -0.2) is 4.57 Å². The maximum Gasteiger partial charge on any atom is 0.160 e. The zero-order valence-corrected chi connectivity index (χ0v) is 22.6. The predicted octanol–water partition coefficient (Wildman–Crippen LogP) is 11.2. The van der Waals surface area contributed by atoms with Gasteiger partial charge in [-0.1, -0.05) is 103 Å². The first-order valence-electron chi connectivity index (χ1n) is 14.4. The largest absolute Gasteiger partial charge is 0.454 e. The summed E-state index contributed by atoms with van der Waals surface area (Å²) < 4.78 is 8.88. The molecule has 10 rings (SSSR count). The van der Waals surface area contributed by atoms with Crippen LogP contribution in [0.25, 0.3) is 93.6 Å². The molecule has 0 unspecified atom stereocenters. The molecule has 2 aromatic heterocycles. The summed E-state index contributed by atoms with van der Waals surface area (Å²) in [7, 11) is 0. The van der Waals surface area contributed by atoms with Gasteiger partial charge in [-0.15, -0.1) is 0 Å². The summed E-state index contributed by atoms with van der Waals surface area (Å²) in [4.78, 5) is 0. The first-order valence-corrected chi connectivity index (χ1v) is 14.4. The van der Waals surface area contributed by atoms with Crippen LogP contribution in [0.2, 0.25) is 0 Å². The molecule has 0 bridgehead atoms. The van der Waals surface area contributed by atoms with Crippen molar-refractivity contribution in [1.29, 1.82) is 0 Å². The van der Waals surface area contributed by atoms with Gasteiger partial charge in [0, 0.05) is 27.2 Å². The SMILES string of the molecule is c1cc2c3c(cccc3c1)-c1cc(-c3ccc(-n4c5ccccc5c5ccc6c7ccccc7oc6c54)cc3)ccc1-2. The van der Waals surface area contributed by atoms with Crippen LogP contribution < -0.4 is 0 Å². The molecule has 0 atom stereocenters. The van der Waals surface area contributed by atoms with E-state index in [2.05, 4.69) is 138 Å². The summed E-state index contributed by atoms with van der Waals surface area (Å²) in [5.41, 5.74) is 13.0. The Morgan fingerprint density at radius 2 is 1.17 bits per heavy atom. The molecule has 42 heavy (non-hydrogen) atoms. The Morgan fingerprint density at radius 3 is 2.02 bits per heavy atom. The van der Waals surface area contributed by atoms with E-state index in [1.54, 1.807) is 0 Å². The number of rotatable bonds is 2. The van der Waals surface area contributed by atoms with E-state index in [9.17, 15) is 0 Å². The number of benzene rings is 7. The minimum atomic E-state index is 0.918. The monoisotopic (exact) mass is 533 g/mol. The Balaban J connectivity index is 1.16. The fourth-order valence-corrected chi connectivity index (χ4v) is 7.27. The van der Waals surface area contributed by atoms with E-state index in [1.807, 2.05) is 6.07 Å². The number of hydrogen-bond donors (Lipinski definition) is 0. The van der Waals surface area contributed by atoms with Crippen LogP contribution in [0, 0.1) is 0 Å². The molecule has 9 aromatic rings. The van der Waals surface area contributed by atoms with Crippen LogP contribution in [0.5, 0.6) is 0 Å². The topological polar surface area (TPSA) is 18.1 Å². The van der Waals surface area contributed by atoms with Gasteiger partial charge in [-0.3, -0.25) is 0 Å². The van der Waals surface area contributed by atoms with E-state index in [4.69, 9.17) is 4.42 Å². The third-order valence-corrected chi connectivity index (χ3v) is 9.14. The fraction of sp³-hybridized carbons (Fsp3) is 0. The highest BCUT2D eigenvalue weighted by molar-refractivity contribution is 6.21. The van der Waals surface area contributed by atoms with Crippen LogP contribution in [0.4, 0.5) is 0 Å². The third kappa shape index (κ3) is 2.83. The highest BCUT2D eigenvalue weighted by Crippen LogP contribution is 2.48. The number of fused-ring (bicyclic) bond motifs is 10. The molecular weight excluding hydrogens is 510 g/mol. The molecule has 0 saturated heterocycles. The van der Waals surface area contributed by atoms with E-state index in [-0.39, 0.29) is 0 Å². The molecule has 7 aromatic carbocycles. The van der Waals surface area contributed by atoms with Crippen molar-refractivity contribution in [2.75, 3.05) is 0 Å². The minimum absolute atomic E-state index is 0.918. The van der Waals surface area contributed by atoms with Gasteiger partial charge in [0.1, 0.15) is 5.58 Å². The van der Waals surface area contributed by atoms with Crippen LogP contribution in [-0.2, 0) is 0 Å². The number of furan rings is 1. The molecule has 0 radical (unpaired) electrons. The van der Waals surface area contributed by atoms with Crippen LogP contribution in [0.15, 0.2) is 144 Å². The van der Waals surface area contributed by atoms with Gasteiger partial charge < -0.3 is 8.98 Å². The third-order valence-electron chi connectivity index (χ3n) is 9.14. The highest BCUT2D eigenvalue weighted by atomic mass is 16.3. The maximum absolute atomic E-state index is 6.52. The summed E-state index contributed by atoms with van der Waals surface area (Å²) in [5, 5.41) is 7.39. The van der Waals surface area contributed by atoms with Crippen molar-refractivity contribution in [3.05, 3.63) is 140 Å². The van der Waals surface area contributed by atoms with Gasteiger partial charge >= 0.3 is 0 Å². The number of para-hydroxylation sites is 2. The molecule has 0 aliphatic heterocycles. The van der Waals surface area contributed by atoms with Crippen molar-refractivity contribution in [2.24, 2.45) is 0 Å². The van der Waals surface area contributed by atoms with Gasteiger partial charge in [-0.05, 0) is 80.6 Å². The molecule has 0 spiro atoms. The summed E-state index contributed by atoms with van der Waals surface area (Å²) in [6, 6.07) is 50.6. The van der Waals surface area contributed by atoms with Gasteiger partial charge in [0.25, 0.3) is 0 Å². The predicted molar refractivity (Wildman–Crippen MR) is 175 cm³/mol. The lowest BCUT2D eigenvalue weighted by atomic mass is 9.97. The fourth-order valence-electron chi connectivity index (χ4n) is 7.27. The number of aromatic nitrogens is 1. The lowest BCUT2D eigenvalue weighted by Gasteiger charge is -2.11. The zero-order chi connectivity index (χ0) is 27.4. The smallest absolute Gasteiger partial charge is 0.160 e. The summed E-state index contributed by atoms with van der Waals surface area (Å²) in [6.07, 6.45) is 0. The molecule has 1 aliphatic carbocycles. The van der Waals surface area contributed by atoms with Crippen molar-refractivity contribution in [1.82, 2.24) is 4.57 Å². The van der Waals surface area contributed by atoms with E-state index >= 15 is 0 Å². The molecule has 1 aliphatic rings. The first-order chi connectivity index (χ1) is 20.8. The van der Waals surface area contributed by atoms with Gasteiger partial charge in [0.05, 0.1) is 11.0 Å². The Bertz CT molecular complexity index is 2560. The Kier molecular flexibility index (Phi) is 4.21. The molecule has 0 N–H and O–H groups in total. The number of nitrogens with zero attached hydrogens (tertiary/aromatic N) is 1. The first kappa shape index (κ1) is 22.1. The summed E-state index contributed by atoms with van der Waals surface area (Å²) >= 11 is 0. The second-order valence-corrected chi connectivity index (χ2v) is 11.3. The van der Waals surface area contributed by atoms with E-state index in [1.165, 1.54) is 60.4 Å². The molecule has 0 fully saturated rings. The Hall–Kier alpha value is -5.60. The van der Waals surface area contributed by atoms with Gasteiger partial charge in [0.2, 0.25) is 0 Å². The van der Waals surface area contributed by atoms with Gasteiger partial charge in [0.15, 0.2) is 5.58 Å². The van der Waals surface area contributed by atoms with Crippen LogP contribution in [0.1, 0.15) is 0 Å². The van der Waals surface area contributed by atoms with Gasteiger partial charge in [-0.2, -0.15) is 0 Å². The van der Waals surface area contributed by atoms with Crippen LogP contribution in [0.3, 0.4) is 0 Å². The standard InChI is InChI=1S/C40H23NO/c1-3-13-36-29(9-1)33-21-22-34-30-10-2-4-14-37(30)42-40(34)39(33)41(36)27-18-15-24(16-19-27)26-17-20-28-31-11-5-7-25-8-6-12-32(38(25)31)35(28)23-26/h1-23H. The normalized spacial score (nSPS) is 12.3. The van der Waals surface area contributed by atoms with Gasteiger partial charge in [-0.25, -0.2) is 0 Å². The molecule has 2 heteroatoms. The van der Waals surface area contributed by atoms with Crippen molar-refractivity contribution in [2.45, 2.75) is 0 Å². The summed E-state index contributed by atoms with van der Waals surface area (Å²) in [5.74, 6) is 0. The average Bonchev–Trinajstić information content (AvgIpc) is 3.70. The van der Waals surface area contributed by atoms with E-state index < -0.39 is 0 Å². The second-order valence-electron chi connectivity index (χ2n) is 11.3. The zero-order valence-electron chi connectivity index (χ0n) is 22.6. The Labute approximate surface area is 241 Å². The lowest BCUT2D eigenvalue weighted by molar-refractivity contribution is 0.671. The molecular formula is C40H23NO. The molecule has 194 valence electrons. The highest BCUT2D eigenvalue weighted by Gasteiger charge is 2.22. The van der Waals surface area contributed by atoms with Crippen molar-refractivity contribution in [3.63, 3.8) is 0 Å². The lowest BCUT2D eigenvalue weighted by Crippen LogP contribution is -1.94. The number of hydrogen-bond acceptors (Lipinski definition) is 1. The van der Waals surface area contributed by atoms with Crippen molar-refractivity contribution in [3.8, 4) is 39.1 Å². The maximum atomic E-state index is 6.52. The van der Waals surface area contributed by atoms with Crippen molar-refractivity contribution < 1.29 is 4.42 Å². The molecule has 2 nitrogen and oxygen atoms in total. The molecule has 0 amide bonds. The average molecular weight is 534 g/mol. The molecule has 0 saturated carbocycles. The molecule has 2 heterocycles. The van der Waals surface area contributed by atoms with E-state index in [0.717, 1.165) is 33.1 Å².